The van der Waals surface area contributed by atoms with Crippen molar-refractivity contribution < 1.29 is 14.3 Å². The molecule has 1 amide bonds. The standard InChI is InChI=1S/C28H26ClN5O3/c1-17-12-19(9-11-30-17)27-33-24(16-37-27)26(35)32-23-15-34-14-21(8-10-28(2,3)36)31-25(34)13-22(23)18-4-6-20(29)7-5-18/h4-7,9,11-16,36H,8,10H2,1-3H3,(H,32,35). The van der Waals surface area contributed by atoms with E-state index in [1.807, 2.05) is 48.0 Å². The fourth-order valence-corrected chi connectivity index (χ4v) is 4.11. The lowest BCUT2D eigenvalue weighted by Crippen LogP contribution is -2.19. The molecule has 0 fully saturated rings. The molecule has 0 atom stereocenters. The van der Waals surface area contributed by atoms with Crippen molar-refractivity contribution >= 4 is 28.8 Å². The van der Waals surface area contributed by atoms with Gasteiger partial charge in [-0.05, 0) is 69.5 Å². The molecule has 0 aliphatic heterocycles. The van der Waals surface area contributed by atoms with E-state index < -0.39 is 11.5 Å². The van der Waals surface area contributed by atoms with Crippen LogP contribution >= 0.6 is 11.6 Å². The van der Waals surface area contributed by atoms with Crippen molar-refractivity contribution in [1.29, 1.82) is 0 Å². The molecule has 0 aliphatic rings. The molecule has 4 aromatic heterocycles. The van der Waals surface area contributed by atoms with Crippen molar-refractivity contribution in [3.8, 4) is 22.6 Å². The second-order valence-corrected chi connectivity index (χ2v) is 10.0. The van der Waals surface area contributed by atoms with Crippen LogP contribution in [0.5, 0.6) is 0 Å². The quantitative estimate of drug-likeness (QED) is 0.276. The molecule has 0 saturated heterocycles. The number of amides is 1. The average Bonchev–Trinajstić information content (AvgIpc) is 3.50. The summed E-state index contributed by atoms with van der Waals surface area (Å²) in [6.07, 6.45) is 7.94. The number of nitrogens with zero attached hydrogens (tertiary/aromatic N) is 4. The Morgan fingerprint density at radius 1 is 1.11 bits per heavy atom. The number of aromatic nitrogens is 4. The third-order valence-corrected chi connectivity index (χ3v) is 6.17. The summed E-state index contributed by atoms with van der Waals surface area (Å²) in [6, 6.07) is 12.9. The van der Waals surface area contributed by atoms with Crippen LogP contribution in [0.3, 0.4) is 0 Å². The van der Waals surface area contributed by atoms with Crippen LogP contribution in [0.2, 0.25) is 5.02 Å². The SMILES string of the molecule is Cc1cc(-c2nc(C(=O)Nc3cn4cc(CCC(C)(C)O)nc4cc3-c3ccc(Cl)cc3)co2)ccn1. The van der Waals surface area contributed by atoms with Gasteiger partial charge in [-0.1, -0.05) is 23.7 Å². The predicted octanol–water partition coefficient (Wildman–Crippen LogP) is 5.97. The third kappa shape index (κ3) is 5.71. The minimum atomic E-state index is -0.783. The first-order valence-electron chi connectivity index (χ1n) is 11.8. The number of oxazole rings is 1. The average molecular weight is 516 g/mol. The first-order chi connectivity index (χ1) is 17.6. The normalized spacial score (nSPS) is 11.7. The van der Waals surface area contributed by atoms with Gasteiger partial charge >= 0.3 is 0 Å². The van der Waals surface area contributed by atoms with E-state index in [0.29, 0.717) is 29.4 Å². The van der Waals surface area contributed by atoms with Crippen molar-refractivity contribution in [3.05, 3.63) is 89.4 Å². The van der Waals surface area contributed by atoms with Crippen LogP contribution in [0.1, 0.15) is 42.1 Å². The van der Waals surface area contributed by atoms with Gasteiger partial charge in [0.25, 0.3) is 5.91 Å². The van der Waals surface area contributed by atoms with Crippen LogP contribution in [0.4, 0.5) is 5.69 Å². The Labute approximate surface area is 219 Å². The smallest absolute Gasteiger partial charge is 0.277 e. The van der Waals surface area contributed by atoms with Crippen LogP contribution in [0.15, 0.2) is 71.7 Å². The number of rotatable bonds is 7. The van der Waals surface area contributed by atoms with Gasteiger partial charge in [-0.3, -0.25) is 9.78 Å². The zero-order valence-corrected chi connectivity index (χ0v) is 21.5. The molecule has 0 radical (unpaired) electrons. The zero-order chi connectivity index (χ0) is 26.2. The second-order valence-electron chi connectivity index (χ2n) is 9.60. The predicted molar refractivity (Wildman–Crippen MR) is 143 cm³/mol. The topological polar surface area (TPSA) is 106 Å². The highest BCUT2D eigenvalue weighted by Gasteiger charge is 2.18. The monoisotopic (exact) mass is 515 g/mol. The largest absolute Gasteiger partial charge is 0.444 e. The van der Waals surface area contributed by atoms with Gasteiger partial charge in [0.15, 0.2) is 5.69 Å². The van der Waals surface area contributed by atoms with E-state index >= 15 is 0 Å². The minimum absolute atomic E-state index is 0.156. The summed E-state index contributed by atoms with van der Waals surface area (Å²) in [7, 11) is 0. The molecule has 0 aliphatic carbocycles. The summed E-state index contributed by atoms with van der Waals surface area (Å²) in [4.78, 5) is 26.5. The number of benzene rings is 1. The lowest BCUT2D eigenvalue weighted by molar-refractivity contribution is 0.0711. The highest BCUT2D eigenvalue weighted by atomic mass is 35.5. The summed E-state index contributed by atoms with van der Waals surface area (Å²) < 4.78 is 7.43. The molecule has 0 bridgehead atoms. The molecule has 5 aromatic rings. The van der Waals surface area contributed by atoms with Crippen LogP contribution in [0, 0.1) is 6.92 Å². The fourth-order valence-electron chi connectivity index (χ4n) is 3.98. The lowest BCUT2D eigenvalue weighted by Gasteiger charge is -2.15. The van der Waals surface area contributed by atoms with Gasteiger partial charge < -0.3 is 19.2 Å². The van der Waals surface area contributed by atoms with E-state index in [4.69, 9.17) is 21.0 Å². The Morgan fingerprint density at radius 2 is 1.89 bits per heavy atom. The minimum Gasteiger partial charge on any atom is -0.444 e. The molecule has 2 N–H and O–H groups in total. The number of pyridine rings is 2. The van der Waals surface area contributed by atoms with E-state index in [1.165, 1.54) is 6.26 Å². The summed E-state index contributed by atoms with van der Waals surface area (Å²) in [5.74, 6) is -0.0622. The number of halogens is 1. The number of carbonyl (C=O) groups excluding carboxylic acids is 1. The third-order valence-electron chi connectivity index (χ3n) is 5.92. The Bertz CT molecular complexity index is 1580. The molecular formula is C28H26ClN5O3. The first-order valence-corrected chi connectivity index (χ1v) is 12.2. The molecule has 4 heterocycles. The summed E-state index contributed by atoms with van der Waals surface area (Å²) in [5, 5.41) is 13.7. The van der Waals surface area contributed by atoms with Gasteiger partial charge in [0.1, 0.15) is 11.9 Å². The van der Waals surface area contributed by atoms with Crippen molar-refractivity contribution in [2.75, 3.05) is 5.32 Å². The number of nitrogens with one attached hydrogen (secondary N) is 1. The number of fused-ring (bicyclic) bond motifs is 1. The molecule has 0 spiro atoms. The number of hydrogen-bond acceptors (Lipinski definition) is 6. The zero-order valence-electron chi connectivity index (χ0n) is 20.7. The van der Waals surface area contributed by atoms with Crippen LogP contribution in [-0.4, -0.2) is 36.0 Å². The van der Waals surface area contributed by atoms with Gasteiger partial charge in [-0.15, -0.1) is 0 Å². The Balaban J connectivity index is 1.48. The summed E-state index contributed by atoms with van der Waals surface area (Å²) in [6.45, 7) is 5.43. The van der Waals surface area contributed by atoms with Gasteiger partial charge in [0.05, 0.1) is 17.0 Å². The van der Waals surface area contributed by atoms with Gasteiger partial charge in [-0.25, -0.2) is 9.97 Å². The van der Waals surface area contributed by atoms with Gasteiger partial charge in [-0.2, -0.15) is 0 Å². The van der Waals surface area contributed by atoms with Gasteiger partial charge in [0.2, 0.25) is 5.89 Å². The highest BCUT2D eigenvalue weighted by molar-refractivity contribution is 6.30. The molecule has 9 heteroatoms. The maximum Gasteiger partial charge on any atom is 0.277 e. The number of aryl methyl sites for hydroxylation is 2. The first kappa shape index (κ1) is 24.7. The molecule has 1 aromatic carbocycles. The van der Waals surface area contributed by atoms with E-state index in [9.17, 15) is 9.90 Å². The number of anilines is 1. The maximum atomic E-state index is 13.2. The van der Waals surface area contributed by atoms with Crippen molar-refractivity contribution in [3.63, 3.8) is 0 Å². The molecule has 37 heavy (non-hydrogen) atoms. The van der Waals surface area contributed by atoms with E-state index in [2.05, 4.69) is 15.3 Å². The van der Waals surface area contributed by atoms with Crippen molar-refractivity contribution in [2.45, 2.75) is 39.2 Å². The molecule has 5 rings (SSSR count). The maximum absolute atomic E-state index is 13.2. The van der Waals surface area contributed by atoms with E-state index in [1.54, 1.807) is 38.2 Å². The Hall–Kier alpha value is -4.01. The summed E-state index contributed by atoms with van der Waals surface area (Å²) in [5.41, 5.74) is 4.75. The van der Waals surface area contributed by atoms with E-state index in [0.717, 1.165) is 33.7 Å². The Kier molecular flexibility index (Phi) is 6.54. The van der Waals surface area contributed by atoms with Crippen molar-refractivity contribution in [1.82, 2.24) is 19.4 Å². The fraction of sp³-hybridized carbons (Fsp3) is 0.214. The number of imidazole rings is 1. The number of hydrogen-bond donors (Lipinski definition) is 2. The van der Waals surface area contributed by atoms with Crippen molar-refractivity contribution in [2.24, 2.45) is 0 Å². The number of carbonyl (C=O) groups is 1. The second kappa shape index (κ2) is 9.80. The molecule has 0 unspecified atom stereocenters. The van der Waals surface area contributed by atoms with Crippen LogP contribution in [-0.2, 0) is 6.42 Å². The molecule has 188 valence electrons. The molecule has 0 saturated carbocycles. The Morgan fingerprint density at radius 3 is 2.62 bits per heavy atom. The summed E-state index contributed by atoms with van der Waals surface area (Å²) >= 11 is 6.11. The highest BCUT2D eigenvalue weighted by Crippen LogP contribution is 2.31. The van der Waals surface area contributed by atoms with Crippen LogP contribution in [0.25, 0.3) is 28.2 Å². The molecule has 8 nitrogen and oxygen atoms in total. The molecular weight excluding hydrogens is 490 g/mol. The van der Waals surface area contributed by atoms with Gasteiger partial charge in [0, 0.05) is 40.4 Å². The van der Waals surface area contributed by atoms with E-state index in [-0.39, 0.29) is 5.69 Å². The lowest BCUT2D eigenvalue weighted by atomic mass is 10.0. The number of aliphatic hydroxyl groups is 1. The van der Waals surface area contributed by atoms with Crippen LogP contribution < -0.4 is 5.32 Å².